The Morgan fingerprint density at radius 3 is 3.00 bits per heavy atom. The van der Waals surface area contributed by atoms with Crippen molar-refractivity contribution in [1.82, 2.24) is 14.8 Å². The van der Waals surface area contributed by atoms with Gasteiger partial charge < -0.3 is 0 Å². The molecule has 16 heavy (non-hydrogen) atoms. The Morgan fingerprint density at radius 1 is 1.25 bits per heavy atom. The zero-order valence-corrected chi connectivity index (χ0v) is 8.76. The van der Waals surface area contributed by atoms with Gasteiger partial charge in [-0.2, -0.15) is 5.10 Å². The molecule has 0 amide bonds. The summed E-state index contributed by atoms with van der Waals surface area (Å²) in [5.41, 5.74) is 2.17. The summed E-state index contributed by atoms with van der Waals surface area (Å²) in [6.07, 6.45) is 5.43. The molecule has 1 aliphatic rings. The number of Topliss-reactive ketones (excluding diaryl/α,β-unsaturated/α-hetero) is 1. The van der Waals surface area contributed by atoms with Crippen molar-refractivity contribution in [2.75, 3.05) is 0 Å². The van der Waals surface area contributed by atoms with Crippen molar-refractivity contribution >= 4 is 5.78 Å². The van der Waals surface area contributed by atoms with Crippen LogP contribution in [-0.2, 0) is 17.6 Å². The zero-order valence-electron chi connectivity index (χ0n) is 8.76. The Labute approximate surface area is 92.9 Å². The lowest BCUT2D eigenvalue weighted by Crippen LogP contribution is -2.15. The lowest BCUT2D eigenvalue weighted by molar-refractivity contribution is -0.118. The van der Waals surface area contributed by atoms with Crippen molar-refractivity contribution in [2.24, 2.45) is 0 Å². The molecule has 0 bridgehead atoms. The molecule has 4 heteroatoms. The summed E-state index contributed by atoms with van der Waals surface area (Å²) >= 11 is 0. The number of pyridine rings is 1. The van der Waals surface area contributed by atoms with Gasteiger partial charge in [0, 0.05) is 24.6 Å². The van der Waals surface area contributed by atoms with Crippen LogP contribution in [0.25, 0.3) is 5.82 Å². The fourth-order valence-electron chi connectivity index (χ4n) is 2.06. The van der Waals surface area contributed by atoms with Gasteiger partial charge in [-0.15, -0.1) is 0 Å². The number of hydrogen-bond acceptors (Lipinski definition) is 3. The molecule has 0 spiro atoms. The molecule has 0 aliphatic heterocycles. The molecule has 0 fully saturated rings. The predicted octanol–water partition coefficient (Wildman–Crippen LogP) is 1.33. The minimum Gasteiger partial charge on any atom is -0.299 e. The maximum absolute atomic E-state index is 11.3. The average molecular weight is 213 g/mol. The highest BCUT2D eigenvalue weighted by molar-refractivity contribution is 5.82. The van der Waals surface area contributed by atoms with Crippen molar-refractivity contribution in [3.63, 3.8) is 0 Å². The van der Waals surface area contributed by atoms with Crippen molar-refractivity contribution in [1.29, 1.82) is 0 Å². The summed E-state index contributed by atoms with van der Waals surface area (Å²) in [6.45, 7) is 0. The fraction of sp³-hybridized carbons (Fsp3) is 0.250. The highest BCUT2D eigenvalue weighted by atomic mass is 16.1. The lowest BCUT2D eigenvalue weighted by Gasteiger charge is -2.12. The van der Waals surface area contributed by atoms with E-state index in [0.29, 0.717) is 18.6 Å². The Bertz CT molecular complexity index is 530. The molecule has 0 N–H and O–H groups in total. The monoisotopic (exact) mass is 213 g/mol. The second kappa shape index (κ2) is 3.56. The molecule has 4 nitrogen and oxygen atoms in total. The minimum atomic E-state index is 0.299. The summed E-state index contributed by atoms with van der Waals surface area (Å²) in [7, 11) is 0. The van der Waals surface area contributed by atoms with Crippen molar-refractivity contribution in [2.45, 2.75) is 19.3 Å². The van der Waals surface area contributed by atoms with Crippen LogP contribution in [0.3, 0.4) is 0 Å². The van der Waals surface area contributed by atoms with Crippen LogP contribution in [0.4, 0.5) is 0 Å². The summed E-state index contributed by atoms with van der Waals surface area (Å²) in [5, 5.41) is 4.30. The van der Waals surface area contributed by atoms with Gasteiger partial charge in [0.1, 0.15) is 5.78 Å². The van der Waals surface area contributed by atoms with E-state index in [-0.39, 0.29) is 0 Å². The van der Waals surface area contributed by atoms with Crippen LogP contribution in [-0.4, -0.2) is 20.5 Å². The van der Waals surface area contributed by atoms with Gasteiger partial charge in [0.05, 0.1) is 11.9 Å². The summed E-state index contributed by atoms with van der Waals surface area (Å²) < 4.78 is 1.84. The Hall–Kier alpha value is -1.97. The zero-order chi connectivity index (χ0) is 11.0. The first kappa shape index (κ1) is 9.27. The summed E-state index contributed by atoms with van der Waals surface area (Å²) in [5.74, 6) is 1.12. The molecule has 0 saturated carbocycles. The summed E-state index contributed by atoms with van der Waals surface area (Å²) in [6, 6.07) is 5.73. The first-order chi connectivity index (χ1) is 7.84. The predicted molar refractivity (Wildman–Crippen MR) is 58.4 cm³/mol. The van der Waals surface area contributed by atoms with Gasteiger partial charge >= 0.3 is 0 Å². The molecule has 0 saturated heterocycles. The van der Waals surface area contributed by atoms with Crippen molar-refractivity contribution in [3.8, 4) is 5.82 Å². The second-order valence-corrected chi connectivity index (χ2v) is 3.93. The van der Waals surface area contributed by atoms with Gasteiger partial charge in [-0.05, 0) is 18.6 Å². The third-order valence-corrected chi connectivity index (χ3v) is 2.85. The van der Waals surface area contributed by atoms with Gasteiger partial charge in [0.15, 0.2) is 5.82 Å². The minimum absolute atomic E-state index is 0.299. The molecular weight excluding hydrogens is 202 g/mol. The Balaban J connectivity index is 2.08. The van der Waals surface area contributed by atoms with Gasteiger partial charge in [-0.25, -0.2) is 9.67 Å². The third kappa shape index (κ3) is 1.43. The topological polar surface area (TPSA) is 47.8 Å². The molecule has 2 aromatic rings. The van der Waals surface area contributed by atoms with Crippen LogP contribution >= 0.6 is 0 Å². The van der Waals surface area contributed by atoms with Crippen LogP contribution in [0.1, 0.15) is 17.7 Å². The number of carbonyl (C=O) groups is 1. The summed E-state index contributed by atoms with van der Waals surface area (Å²) in [4.78, 5) is 15.6. The van der Waals surface area contributed by atoms with Crippen LogP contribution in [0.15, 0.2) is 30.6 Å². The van der Waals surface area contributed by atoms with Crippen molar-refractivity contribution in [3.05, 3.63) is 41.9 Å². The smallest absolute Gasteiger partial charge is 0.153 e. The van der Waals surface area contributed by atoms with Crippen molar-refractivity contribution < 1.29 is 4.79 Å². The number of hydrogen-bond donors (Lipinski definition) is 0. The number of ketones is 1. The number of aromatic nitrogens is 3. The van der Waals surface area contributed by atoms with E-state index in [2.05, 4.69) is 10.1 Å². The van der Waals surface area contributed by atoms with Crippen LogP contribution in [0, 0.1) is 0 Å². The number of carbonyl (C=O) groups excluding carboxylic acids is 1. The van der Waals surface area contributed by atoms with Crippen LogP contribution < -0.4 is 0 Å². The average Bonchev–Trinajstić information content (AvgIpc) is 2.73. The van der Waals surface area contributed by atoms with Gasteiger partial charge in [0.2, 0.25) is 0 Å². The third-order valence-electron chi connectivity index (χ3n) is 2.85. The molecule has 1 aliphatic carbocycles. The molecule has 0 unspecified atom stereocenters. The highest BCUT2D eigenvalue weighted by Gasteiger charge is 2.20. The number of nitrogens with zero attached hydrogens (tertiary/aromatic N) is 3. The first-order valence-electron chi connectivity index (χ1n) is 5.33. The Kier molecular flexibility index (Phi) is 2.06. The van der Waals surface area contributed by atoms with E-state index >= 15 is 0 Å². The van der Waals surface area contributed by atoms with E-state index in [1.165, 1.54) is 0 Å². The Morgan fingerprint density at radius 2 is 2.19 bits per heavy atom. The normalized spacial score (nSPS) is 14.9. The van der Waals surface area contributed by atoms with E-state index in [1.807, 2.05) is 22.9 Å². The van der Waals surface area contributed by atoms with Gasteiger partial charge in [0.25, 0.3) is 0 Å². The van der Waals surface area contributed by atoms with E-state index < -0.39 is 0 Å². The fourth-order valence-corrected chi connectivity index (χ4v) is 2.06. The van der Waals surface area contributed by atoms with Crippen LogP contribution in [0.5, 0.6) is 0 Å². The maximum Gasteiger partial charge on any atom is 0.153 e. The molecule has 0 radical (unpaired) electrons. The molecule has 80 valence electrons. The van der Waals surface area contributed by atoms with Gasteiger partial charge in [-0.1, -0.05) is 6.07 Å². The molecule has 3 rings (SSSR count). The molecular formula is C12H11N3O. The lowest BCUT2D eigenvalue weighted by atomic mass is 9.97. The molecule has 2 heterocycles. The first-order valence-corrected chi connectivity index (χ1v) is 5.33. The number of fused-ring (bicyclic) bond motifs is 1. The largest absolute Gasteiger partial charge is 0.299 e. The standard InChI is InChI=1S/C12H11N3O/c16-10-4-5-11-9(7-10)8-14-15(11)12-3-1-2-6-13-12/h1-3,6,8H,4-5,7H2. The quantitative estimate of drug-likeness (QED) is 0.718. The van der Waals surface area contributed by atoms with Crippen LogP contribution in [0.2, 0.25) is 0 Å². The molecule has 2 aromatic heterocycles. The number of rotatable bonds is 1. The highest BCUT2D eigenvalue weighted by Crippen LogP contribution is 2.20. The van der Waals surface area contributed by atoms with E-state index in [0.717, 1.165) is 23.5 Å². The van der Waals surface area contributed by atoms with E-state index in [9.17, 15) is 4.79 Å². The van der Waals surface area contributed by atoms with E-state index in [4.69, 9.17) is 0 Å². The maximum atomic E-state index is 11.3. The molecule has 0 aromatic carbocycles. The van der Waals surface area contributed by atoms with E-state index in [1.54, 1.807) is 12.4 Å². The molecule has 0 atom stereocenters. The second-order valence-electron chi connectivity index (χ2n) is 3.93. The SMILES string of the molecule is O=C1CCc2c(cnn2-c2ccccn2)C1. The van der Waals surface area contributed by atoms with Gasteiger partial charge in [-0.3, -0.25) is 4.79 Å².